The van der Waals surface area contributed by atoms with E-state index in [4.69, 9.17) is 5.73 Å². The Labute approximate surface area is 90.3 Å². The maximum atomic E-state index is 6.05. The Balaban J connectivity index is 2.17. The molecule has 1 fully saturated rings. The number of nitrogens with two attached hydrogens (primary N) is 1. The number of rotatable bonds is 4. The topological polar surface area (TPSA) is 26.0 Å². The molecular weight excluding hydrogens is 190 g/mol. The minimum atomic E-state index is 0.315. The fraction of sp³-hybridized carbons (Fsp3) is 0.667. The Kier molecular flexibility index (Phi) is 2.67. The average molecular weight is 209 g/mol. The predicted octanol–water partition coefficient (Wildman–Crippen LogP) is 3.08. The van der Waals surface area contributed by atoms with Crippen LogP contribution in [0.25, 0.3) is 0 Å². The van der Waals surface area contributed by atoms with Crippen molar-refractivity contribution in [1.29, 1.82) is 0 Å². The molecule has 1 aromatic heterocycles. The van der Waals surface area contributed by atoms with Crippen molar-refractivity contribution in [3.05, 3.63) is 21.9 Å². The molecule has 1 aliphatic carbocycles. The Morgan fingerprint density at radius 2 is 2.21 bits per heavy atom. The second kappa shape index (κ2) is 3.67. The zero-order valence-electron chi connectivity index (χ0n) is 9.05. The summed E-state index contributed by atoms with van der Waals surface area (Å²) in [5.74, 6) is 0. The van der Waals surface area contributed by atoms with Gasteiger partial charge < -0.3 is 5.73 Å². The first kappa shape index (κ1) is 10.2. The van der Waals surface area contributed by atoms with Crippen LogP contribution >= 0.6 is 11.3 Å². The lowest BCUT2D eigenvalue weighted by molar-refractivity contribution is 0.566. The number of hydrogen-bond acceptors (Lipinski definition) is 2. The molecule has 0 spiro atoms. The van der Waals surface area contributed by atoms with Crippen LogP contribution in [0.5, 0.6) is 0 Å². The van der Waals surface area contributed by atoms with Gasteiger partial charge in [0.05, 0.1) is 0 Å². The van der Waals surface area contributed by atoms with Gasteiger partial charge in [0.2, 0.25) is 0 Å². The monoisotopic (exact) mass is 209 g/mol. The fourth-order valence-corrected chi connectivity index (χ4v) is 3.54. The molecule has 1 unspecified atom stereocenters. The van der Waals surface area contributed by atoms with E-state index in [1.165, 1.54) is 35.4 Å². The van der Waals surface area contributed by atoms with E-state index in [9.17, 15) is 0 Å². The summed E-state index contributed by atoms with van der Waals surface area (Å²) in [5.41, 5.74) is 6.41. The summed E-state index contributed by atoms with van der Waals surface area (Å²) in [6.45, 7) is 4.38. The highest BCUT2D eigenvalue weighted by Gasteiger charge is 2.48. The van der Waals surface area contributed by atoms with Gasteiger partial charge in [-0.15, -0.1) is 11.3 Å². The van der Waals surface area contributed by atoms with Crippen LogP contribution < -0.4 is 5.73 Å². The quantitative estimate of drug-likeness (QED) is 0.810. The molecule has 0 amide bonds. The smallest absolute Gasteiger partial charge is 0.0196 e. The van der Waals surface area contributed by atoms with Crippen molar-refractivity contribution in [2.75, 3.05) is 0 Å². The van der Waals surface area contributed by atoms with Crippen molar-refractivity contribution in [3.8, 4) is 0 Å². The molecule has 2 rings (SSSR count). The Bertz CT molecular complexity index is 310. The van der Waals surface area contributed by atoms with Crippen molar-refractivity contribution in [1.82, 2.24) is 0 Å². The molecule has 0 bridgehead atoms. The van der Waals surface area contributed by atoms with Gasteiger partial charge in [-0.3, -0.25) is 0 Å². The standard InChI is InChI=1S/C12H19NS/c1-3-4-10-5-6-11(14-10)12(7-8-12)9(2)13/h5-6,9H,3-4,7-8,13H2,1-2H3. The SMILES string of the molecule is CCCc1ccc(C2(C(C)N)CC2)s1. The summed E-state index contributed by atoms with van der Waals surface area (Å²) >= 11 is 1.98. The summed E-state index contributed by atoms with van der Waals surface area (Å²) in [6.07, 6.45) is 5.04. The third kappa shape index (κ3) is 1.61. The van der Waals surface area contributed by atoms with Crippen LogP contribution in [0, 0.1) is 0 Å². The lowest BCUT2D eigenvalue weighted by Gasteiger charge is -2.17. The molecule has 2 N–H and O–H groups in total. The van der Waals surface area contributed by atoms with Crippen molar-refractivity contribution < 1.29 is 0 Å². The summed E-state index contributed by atoms with van der Waals surface area (Å²) < 4.78 is 0. The van der Waals surface area contributed by atoms with Gasteiger partial charge in [0.25, 0.3) is 0 Å². The minimum Gasteiger partial charge on any atom is -0.327 e. The first-order valence-corrected chi connectivity index (χ1v) is 6.35. The highest BCUT2D eigenvalue weighted by atomic mass is 32.1. The zero-order chi connectivity index (χ0) is 10.2. The van der Waals surface area contributed by atoms with Crippen LogP contribution in [0.2, 0.25) is 0 Å². The first-order chi connectivity index (χ1) is 6.69. The second-order valence-electron chi connectivity index (χ2n) is 4.46. The van der Waals surface area contributed by atoms with Crippen LogP contribution in [0.4, 0.5) is 0 Å². The van der Waals surface area contributed by atoms with E-state index in [0.29, 0.717) is 11.5 Å². The summed E-state index contributed by atoms with van der Waals surface area (Å²) in [7, 11) is 0. The minimum absolute atomic E-state index is 0.315. The molecule has 1 saturated carbocycles. The molecule has 0 aliphatic heterocycles. The molecule has 1 atom stereocenters. The van der Waals surface area contributed by atoms with Gasteiger partial charge in [0.1, 0.15) is 0 Å². The van der Waals surface area contributed by atoms with Gasteiger partial charge in [-0.1, -0.05) is 13.3 Å². The summed E-state index contributed by atoms with van der Waals surface area (Å²) in [6, 6.07) is 4.90. The lowest BCUT2D eigenvalue weighted by Crippen LogP contribution is -2.30. The second-order valence-corrected chi connectivity index (χ2v) is 5.63. The van der Waals surface area contributed by atoms with Crippen molar-refractivity contribution in [3.63, 3.8) is 0 Å². The number of hydrogen-bond donors (Lipinski definition) is 1. The van der Waals surface area contributed by atoms with Gasteiger partial charge >= 0.3 is 0 Å². The molecule has 0 aromatic carbocycles. The van der Waals surface area contributed by atoms with Crippen LogP contribution in [-0.2, 0) is 11.8 Å². The third-order valence-electron chi connectivity index (χ3n) is 3.31. The average Bonchev–Trinajstić information content (AvgIpc) is 2.84. The van der Waals surface area contributed by atoms with Gasteiger partial charge in [0, 0.05) is 21.2 Å². The molecule has 0 radical (unpaired) electrons. The van der Waals surface area contributed by atoms with Gasteiger partial charge in [-0.2, -0.15) is 0 Å². The number of thiophene rings is 1. The first-order valence-electron chi connectivity index (χ1n) is 5.54. The van der Waals surface area contributed by atoms with E-state index in [0.717, 1.165) is 0 Å². The van der Waals surface area contributed by atoms with Crippen molar-refractivity contribution in [2.45, 2.75) is 51.0 Å². The van der Waals surface area contributed by atoms with Crippen LogP contribution in [0.15, 0.2) is 12.1 Å². The van der Waals surface area contributed by atoms with Gasteiger partial charge in [-0.05, 0) is 38.3 Å². The lowest BCUT2D eigenvalue weighted by atomic mass is 9.97. The molecule has 14 heavy (non-hydrogen) atoms. The largest absolute Gasteiger partial charge is 0.327 e. The highest BCUT2D eigenvalue weighted by Crippen LogP contribution is 2.52. The van der Waals surface area contributed by atoms with E-state index >= 15 is 0 Å². The molecular formula is C12H19NS. The third-order valence-corrected chi connectivity index (χ3v) is 4.67. The van der Waals surface area contributed by atoms with Crippen LogP contribution in [0.3, 0.4) is 0 Å². The Morgan fingerprint density at radius 3 is 2.71 bits per heavy atom. The molecule has 1 aromatic rings. The Morgan fingerprint density at radius 1 is 1.50 bits per heavy atom. The van der Waals surface area contributed by atoms with Crippen LogP contribution in [0.1, 0.15) is 42.9 Å². The number of aryl methyl sites for hydroxylation is 1. The van der Waals surface area contributed by atoms with Crippen molar-refractivity contribution >= 4 is 11.3 Å². The summed E-state index contributed by atoms with van der Waals surface area (Å²) in [4.78, 5) is 3.05. The van der Waals surface area contributed by atoms with E-state index in [-0.39, 0.29) is 0 Å². The predicted molar refractivity (Wildman–Crippen MR) is 62.9 cm³/mol. The normalized spacial score (nSPS) is 20.8. The van der Waals surface area contributed by atoms with E-state index < -0.39 is 0 Å². The molecule has 1 aliphatic rings. The Hall–Kier alpha value is -0.340. The molecule has 1 heterocycles. The molecule has 2 heteroatoms. The fourth-order valence-electron chi connectivity index (χ4n) is 2.09. The molecule has 1 nitrogen and oxygen atoms in total. The molecule has 78 valence electrons. The highest BCUT2D eigenvalue weighted by molar-refractivity contribution is 7.12. The van der Waals surface area contributed by atoms with Gasteiger partial charge in [-0.25, -0.2) is 0 Å². The summed E-state index contributed by atoms with van der Waals surface area (Å²) in [5, 5.41) is 0. The maximum Gasteiger partial charge on any atom is 0.0196 e. The van der Waals surface area contributed by atoms with E-state index in [1.54, 1.807) is 0 Å². The van der Waals surface area contributed by atoms with Gasteiger partial charge in [0.15, 0.2) is 0 Å². The van der Waals surface area contributed by atoms with Crippen LogP contribution in [-0.4, -0.2) is 6.04 Å². The van der Waals surface area contributed by atoms with E-state index in [1.807, 2.05) is 11.3 Å². The molecule has 0 saturated heterocycles. The van der Waals surface area contributed by atoms with Crippen molar-refractivity contribution in [2.24, 2.45) is 5.73 Å². The zero-order valence-corrected chi connectivity index (χ0v) is 9.86. The maximum absolute atomic E-state index is 6.05. The van der Waals surface area contributed by atoms with E-state index in [2.05, 4.69) is 26.0 Å².